The lowest BCUT2D eigenvalue weighted by molar-refractivity contribution is -0.137. The maximum absolute atomic E-state index is 12.8. The van der Waals surface area contributed by atoms with E-state index < -0.39 is 5.97 Å². The third-order valence-corrected chi connectivity index (χ3v) is 6.13. The average Bonchev–Trinajstić information content (AvgIpc) is 2.73. The Morgan fingerprint density at radius 3 is 2.54 bits per heavy atom. The summed E-state index contributed by atoms with van der Waals surface area (Å²) in [6.45, 7) is 1.58. The highest BCUT2D eigenvalue weighted by Gasteiger charge is 2.28. The third-order valence-electron chi connectivity index (χ3n) is 6.13. The molecule has 2 fully saturated rings. The highest BCUT2D eigenvalue weighted by molar-refractivity contribution is 5.79. The summed E-state index contributed by atoms with van der Waals surface area (Å²) >= 11 is 0. The first kappa shape index (κ1) is 20.6. The van der Waals surface area contributed by atoms with E-state index in [1.54, 1.807) is 18.6 Å². The van der Waals surface area contributed by atoms with Gasteiger partial charge in [0.05, 0.1) is 6.20 Å². The van der Waals surface area contributed by atoms with Crippen LogP contribution >= 0.6 is 0 Å². The molecule has 2 aliphatic rings. The molecule has 1 aliphatic heterocycles. The van der Waals surface area contributed by atoms with Gasteiger partial charge in [-0.25, -0.2) is 4.98 Å². The van der Waals surface area contributed by atoms with E-state index in [2.05, 4.69) is 20.2 Å². The predicted octanol–water partition coefficient (Wildman–Crippen LogP) is 3.01. The van der Waals surface area contributed by atoms with Crippen molar-refractivity contribution in [3.63, 3.8) is 0 Å². The van der Waals surface area contributed by atoms with E-state index in [0.29, 0.717) is 12.3 Å². The molecule has 0 bridgehead atoms. The summed E-state index contributed by atoms with van der Waals surface area (Å²) in [5, 5.41) is 12.3. The molecule has 1 amide bonds. The first-order valence-electron chi connectivity index (χ1n) is 10.6. The van der Waals surface area contributed by atoms with Gasteiger partial charge in [0, 0.05) is 43.9 Å². The second-order valence-corrected chi connectivity index (χ2v) is 8.20. The molecule has 2 heterocycles. The molecule has 154 valence electrons. The number of carboxylic acids is 1. The van der Waals surface area contributed by atoms with Gasteiger partial charge in [-0.1, -0.05) is 32.1 Å². The maximum Gasteiger partial charge on any atom is 0.303 e. The van der Waals surface area contributed by atoms with Gasteiger partial charge in [0.1, 0.15) is 5.82 Å². The van der Waals surface area contributed by atoms with Gasteiger partial charge >= 0.3 is 5.97 Å². The smallest absolute Gasteiger partial charge is 0.303 e. The fourth-order valence-corrected chi connectivity index (χ4v) is 4.52. The van der Waals surface area contributed by atoms with Gasteiger partial charge in [-0.05, 0) is 31.6 Å². The predicted molar refractivity (Wildman–Crippen MR) is 107 cm³/mol. The van der Waals surface area contributed by atoms with E-state index in [9.17, 15) is 9.59 Å². The number of hydrogen-bond acceptors (Lipinski definition) is 5. The average molecular weight is 389 g/mol. The Kier molecular flexibility index (Phi) is 7.62. The Morgan fingerprint density at radius 2 is 1.89 bits per heavy atom. The molecule has 1 unspecified atom stereocenters. The summed E-state index contributed by atoms with van der Waals surface area (Å²) in [6.07, 6.45) is 14.5. The second-order valence-electron chi connectivity index (χ2n) is 8.20. The number of rotatable bonds is 8. The Bertz CT molecular complexity index is 626. The standard InChI is InChI=1S/C21H32N4O3/c26-20(27)7-6-18(14-16-4-2-1-3-5-16)24-21(28)17-8-12-25(13-9-17)19-15-22-10-11-23-19/h10-11,15-18H,1-9,12-14H2,(H,24,28)(H,26,27). The number of aromatic nitrogens is 2. The van der Waals surface area contributed by atoms with Crippen molar-refractivity contribution in [1.82, 2.24) is 15.3 Å². The van der Waals surface area contributed by atoms with E-state index >= 15 is 0 Å². The van der Waals surface area contributed by atoms with Gasteiger partial charge in [-0.3, -0.25) is 14.6 Å². The van der Waals surface area contributed by atoms with E-state index in [4.69, 9.17) is 5.11 Å². The number of hydrogen-bond donors (Lipinski definition) is 2. The fraction of sp³-hybridized carbons (Fsp3) is 0.714. The quantitative estimate of drug-likeness (QED) is 0.711. The molecule has 1 aromatic rings. The molecular formula is C21H32N4O3. The first-order chi connectivity index (χ1) is 13.6. The molecule has 1 saturated carbocycles. The number of carbonyl (C=O) groups is 2. The van der Waals surface area contributed by atoms with Crippen molar-refractivity contribution in [1.29, 1.82) is 0 Å². The van der Waals surface area contributed by atoms with E-state index in [-0.39, 0.29) is 24.3 Å². The Labute approximate surface area is 166 Å². The molecular weight excluding hydrogens is 356 g/mol. The third kappa shape index (κ3) is 6.17. The summed E-state index contributed by atoms with van der Waals surface area (Å²) < 4.78 is 0. The van der Waals surface area contributed by atoms with Gasteiger partial charge < -0.3 is 15.3 Å². The molecule has 0 radical (unpaired) electrons. The van der Waals surface area contributed by atoms with Gasteiger partial charge in [-0.15, -0.1) is 0 Å². The van der Waals surface area contributed by atoms with Crippen LogP contribution < -0.4 is 10.2 Å². The molecule has 0 aromatic carbocycles. The number of carbonyl (C=O) groups excluding carboxylic acids is 1. The monoisotopic (exact) mass is 388 g/mol. The zero-order chi connectivity index (χ0) is 19.8. The lowest BCUT2D eigenvalue weighted by Gasteiger charge is -2.33. The Morgan fingerprint density at radius 1 is 1.14 bits per heavy atom. The highest BCUT2D eigenvalue weighted by atomic mass is 16.4. The number of nitrogens with zero attached hydrogens (tertiary/aromatic N) is 3. The number of piperidine rings is 1. The van der Waals surface area contributed by atoms with Crippen molar-refractivity contribution in [3.8, 4) is 0 Å². The zero-order valence-electron chi connectivity index (χ0n) is 16.6. The van der Waals surface area contributed by atoms with Gasteiger partial charge in [0.2, 0.25) is 5.91 Å². The molecule has 0 spiro atoms. The summed E-state index contributed by atoms with van der Waals surface area (Å²) in [6, 6.07) is -0.0234. The van der Waals surface area contributed by atoms with Gasteiger partial charge in [-0.2, -0.15) is 0 Å². The van der Waals surface area contributed by atoms with E-state index in [1.165, 1.54) is 32.1 Å². The number of aliphatic carboxylic acids is 1. The highest BCUT2D eigenvalue weighted by Crippen LogP contribution is 2.29. The molecule has 7 heteroatoms. The van der Waals surface area contributed by atoms with Crippen molar-refractivity contribution in [2.24, 2.45) is 11.8 Å². The molecule has 28 heavy (non-hydrogen) atoms. The van der Waals surface area contributed by atoms with Crippen LogP contribution in [0.15, 0.2) is 18.6 Å². The SMILES string of the molecule is O=C(O)CCC(CC1CCCCC1)NC(=O)C1CCN(c2cnccn2)CC1. The summed E-state index contributed by atoms with van der Waals surface area (Å²) in [4.78, 5) is 34.5. The number of amides is 1. The number of carboxylic acid groups (broad SMARTS) is 1. The van der Waals surface area contributed by atoms with Crippen molar-refractivity contribution in [2.75, 3.05) is 18.0 Å². The van der Waals surface area contributed by atoms with Gasteiger partial charge in [0.25, 0.3) is 0 Å². The van der Waals surface area contributed by atoms with E-state index in [1.807, 2.05) is 0 Å². The van der Waals surface area contributed by atoms with E-state index in [0.717, 1.165) is 38.2 Å². The normalized spacial score (nSPS) is 19.9. The molecule has 1 aromatic heterocycles. The van der Waals surface area contributed by atoms with Crippen LogP contribution in [0, 0.1) is 11.8 Å². The number of nitrogens with one attached hydrogen (secondary N) is 1. The fourth-order valence-electron chi connectivity index (χ4n) is 4.52. The lowest BCUT2D eigenvalue weighted by Crippen LogP contribution is -2.44. The minimum Gasteiger partial charge on any atom is -0.481 e. The van der Waals surface area contributed by atoms with Crippen molar-refractivity contribution in [2.45, 2.75) is 70.3 Å². The van der Waals surface area contributed by atoms with Crippen molar-refractivity contribution >= 4 is 17.7 Å². The molecule has 7 nitrogen and oxygen atoms in total. The largest absolute Gasteiger partial charge is 0.481 e. The van der Waals surface area contributed by atoms with Crippen LogP contribution in [0.5, 0.6) is 0 Å². The van der Waals surface area contributed by atoms with Crippen LogP contribution in [0.4, 0.5) is 5.82 Å². The minimum absolute atomic E-state index is 0.00777. The molecule has 1 atom stereocenters. The Hall–Kier alpha value is -2.18. The van der Waals surface area contributed by atoms with Crippen LogP contribution in [-0.2, 0) is 9.59 Å². The zero-order valence-corrected chi connectivity index (χ0v) is 16.6. The Balaban J connectivity index is 1.50. The van der Waals surface area contributed by atoms with Gasteiger partial charge in [0.15, 0.2) is 0 Å². The summed E-state index contributed by atoms with van der Waals surface area (Å²) in [5.74, 6) is 0.765. The topological polar surface area (TPSA) is 95.4 Å². The minimum atomic E-state index is -0.792. The molecule has 1 aliphatic carbocycles. The molecule has 1 saturated heterocycles. The number of anilines is 1. The van der Waals surface area contributed by atoms with Crippen LogP contribution in [0.25, 0.3) is 0 Å². The summed E-state index contributed by atoms with van der Waals surface area (Å²) in [5.41, 5.74) is 0. The van der Waals surface area contributed by atoms with Crippen molar-refractivity contribution < 1.29 is 14.7 Å². The first-order valence-corrected chi connectivity index (χ1v) is 10.6. The summed E-state index contributed by atoms with van der Waals surface area (Å²) in [7, 11) is 0. The van der Waals surface area contributed by atoms with Crippen molar-refractivity contribution in [3.05, 3.63) is 18.6 Å². The van der Waals surface area contributed by atoms with Crippen LogP contribution in [0.2, 0.25) is 0 Å². The van der Waals surface area contributed by atoms with Crippen LogP contribution in [-0.4, -0.2) is 46.1 Å². The van der Waals surface area contributed by atoms with Crippen LogP contribution in [0.3, 0.4) is 0 Å². The molecule has 2 N–H and O–H groups in total. The lowest BCUT2D eigenvalue weighted by atomic mass is 9.83. The maximum atomic E-state index is 12.8. The second kappa shape index (κ2) is 10.4. The van der Waals surface area contributed by atoms with Crippen LogP contribution in [0.1, 0.15) is 64.2 Å². The molecule has 3 rings (SSSR count).